The molecular formula is C18H24IN3O6. The summed E-state index contributed by atoms with van der Waals surface area (Å²) in [5.41, 5.74) is 3.25. The first-order valence-corrected chi connectivity index (χ1v) is 9.89. The number of benzene rings is 1. The van der Waals surface area contributed by atoms with E-state index in [1.54, 1.807) is 6.07 Å². The number of nitrogens with zero attached hydrogens (tertiary/aromatic N) is 2. The van der Waals surface area contributed by atoms with Gasteiger partial charge in [0.2, 0.25) is 0 Å². The largest absolute Gasteiger partial charge is 0.490 e. The molecule has 0 unspecified atom stereocenters. The first kappa shape index (κ1) is 22.4. The molecule has 1 aliphatic rings. The van der Waals surface area contributed by atoms with Crippen molar-refractivity contribution in [3.05, 3.63) is 21.3 Å². The standard InChI is InChI=1S/C18H24IN3O6/c1-3-27-15-9-13(8-14(19)18(15)28-12-17(24)25-2)10-20-21-16(23)11-22-4-6-26-7-5-22/h8-10H,3-7,11-12H2,1-2H3,(H,21,23)/b20-10+. The van der Waals surface area contributed by atoms with Crippen molar-refractivity contribution in [1.82, 2.24) is 10.3 Å². The number of hydrogen-bond acceptors (Lipinski definition) is 8. The summed E-state index contributed by atoms with van der Waals surface area (Å²) in [5.74, 6) is 0.281. The van der Waals surface area contributed by atoms with E-state index in [-0.39, 0.29) is 19.1 Å². The molecule has 0 radical (unpaired) electrons. The summed E-state index contributed by atoms with van der Waals surface area (Å²) in [6, 6.07) is 3.54. The third-order valence-electron chi connectivity index (χ3n) is 3.77. The van der Waals surface area contributed by atoms with Crippen LogP contribution in [0, 0.1) is 3.57 Å². The number of methoxy groups -OCH3 is 1. The minimum atomic E-state index is -0.480. The highest BCUT2D eigenvalue weighted by molar-refractivity contribution is 14.1. The van der Waals surface area contributed by atoms with Crippen LogP contribution >= 0.6 is 22.6 Å². The van der Waals surface area contributed by atoms with E-state index in [1.165, 1.54) is 13.3 Å². The topological polar surface area (TPSA) is 98.7 Å². The summed E-state index contributed by atoms with van der Waals surface area (Å²) < 4.78 is 21.7. The number of hydrogen-bond donors (Lipinski definition) is 1. The van der Waals surface area contributed by atoms with Crippen molar-refractivity contribution in [3.63, 3.8) is 0 Å². The number of ether oxygens (including phenoxy) is 4. The zero-order chi connectivity index (χ0) is 20.4. The Bertz CT molecular complexity index is 707. The predicted octanol–water partition coefficient (Wildman–Crippen LogP) is 1.02. The summed E-state index contributed by atoms with van der Waals surface area (Å²) >= 11 is 2.09. The van der Waals surface area contributed by atoms with E-state index in [4.69, 9.17) is 14.2 Å². The molecule has 1 N–H and O–H groups in total. The maximum absolute atomic E-state index is 12.0. The molecule has 1 heterocycles. The van der Waals surface area contributed by atoms with Gasteiger partial charge < -0.3 is 18.9 Å². The second kappa shape index (κ2) is 11.8. The van der Waals surface area contributed by atoms with Crippen molar-refractivity contribution in [1.29, 1.82) is 0 Å². The Morgan fingerprint density at radius 3 is 2.75 bits per heavy atom. The normalized spacial score (nSPS) is 14.7. The van der Waals surface area contributed by atoms with Crippen molar-refractivity contribution < 1.29 is 28.5 Å². The predicted molar refractivity (Wildman–Crippen MR) is 111 cm³/mol. The molecule has 1 aliphatic heterocycles. The number of amides is 1. The Morgan fingerprint density at radius 1 is 1.32 bits per heavy atom. The Labute approximate surface area is 177 Å². The quantitative estimate of drug-likeness (QED) is 0.232. The van der Waals surface area contributed by atoms with Crippen LogP contribution in [0.4, 0.5) is 0 Å². The Kier molecular flexibility index (Phi) is 9.44. The fourth-order valence-electron chi connectivity index (χ4n) is 2.43. The minimum Gasteiger partial charge on any atom is -0.490 e. The Hall–Kier alpha value is -1.92. The second-order valence-corrected chi connectivity index (χ2v) is 6.97. The third-order valence-corrected chi connectivity index (χ3v) is 4.57. The lowest BCUT2D eigenvalue weighted by Crippen LogP contribution is -2.42. The highest BCUT2D eigenvalue weighted by atomic mass is 127. The second-order valence-electron chi connectivity index (χ2n) is 5.81. The molecule has 1 fully saturated rings. The molecule has 0 spiro atoms. The maximum atomic E-state index is 12.0. The van der Waals surface area contributed by atoms with Crippen LogP contribution in [-0.2, 0) is 19.1 Å². The number of carbonyl (C=O) groups excluding carboxylic acids is 2. The highest BCUT2D eigenvalue weighted by Gasteiger charge is 2.15. The van der Waals surface area contributed by atoms with Gasteiger partial charge >= 0.3 is 5.97 Å². The van der Waals surface area contributed by atoms with E-state index in [2.05, 4.69) is 37.9 Å². The van der Waals surface area contributed by atoms with Crippen molar-refractivity contribution in [2.24, 2.45) is 5.10 Å². The number of carbonyl (C=O) groups is 2. The lowest BCUT2D eigenvalue weighted by atomic mass is 10.2. The maximum Gasteiger partial charge on any atom is 0.343 e. The number of halogens is 1. The van der Waals surface area contributed by atoms with Crippen LogP contribution in [0.15, 0.2) is 17.2 Å². The molecule has 1 saturated heterocycles. The van der Waals surface area contributed by atoms with Crippen molar-refractivity contribution >= 4 is 40.7 Å². The monoisotopic (exact) mass is 505 g/mol. The number of morpholine rings is 1. The summed E-state index contributed by atoms with van der Waals surface area (Å²) in [5, 5.41) is 4.01. The first-order valence-electron chi connectivity index (χ1n) is 8.81. The number of nitrogens with one attached hydrogen (secondary N) is 1. The van der Waals surface area contributed by atoms with Gasteiger partial charge in [0.15, 0.2) is 18.1 Å². The van der Waals surface area contributed by atoms with E-state index in [1.807, 2.05) is 17.9 Å². The van der Waals surface area contributed by atoms with Gasteiger partial charge in [0.1, 0.15) is 0 Å². The average molecular weight is 505 g/mol. The van der Waals surface area contributed by atoms with Crippen molar-refractivity contribution in [2.45, 2.75) is 6.92 Å². The van der Waals surface area contributed by atoms with Gasteiger partial charge in [-0.3, -0.25) is 9.69 Å². The fraction of sp³-hybridized carbons (Fsp3) is 0.500. The summed E-state index contributed by atoms with van der Waals surface area (Å²) in [6.07, 6.45) is 1.53. The van der Waals surface area contributed by atoms with E-state index < -0.39 is 5.97 Å². The van der Waals surface area contributed by atoms with Gasteiger partial charge in [-0.2, -0.15) is 5.10 Å². The van der Waals surface area contributed by atoms with Gasteiger partial charge in [-0.15, -0.1) is 0 Å². The first-order chi connectivity index (χ1) is 13.5. The van der Waals surface area contributed by atoms with E-state index in [0.29, 0.717) is 31.3 Å². The molecule has 9 nitrogen and oxygen atoms in total. The Balaban J connectivity index is 1.98. The van der Waals surface area contributed by atoms with Crippen molar-refractivity contribution in [2.75, 3.05) is 53.2 Å². The molecule has 0 saturated carbocycles. The van der Waals surface area contributed by atoms with Gasteiger partial charge in [-0.05, 0) is 47.2 Å². The minimum absolute atomic E-state index is 0.184. The zero-order valence-electron chi connectivity index (χ0n) is 15.9. The zero-order valence-corrected chi connectivity index (χ0v) is 18.1. The Morgan fingerprint density at radius 2 is 2.07 bits per heavy atom. The van der Waals surface area contributed by atoms with Gasteiger partial charge in [0.25, 0.3) is 5.91 Å². The smallest absolute Gasteiger partial charge is 0.343 e. The summed E-state index contributed by atoms with van der Waals surface area (Å²) in [4.78, 5) is 25.3. The lowest BCUT2D eigenvalue weighted by molar-refractivity contribution is -0.143. The highest BCUT2D eigenvalue weighted by Crippen LogP contribution is 2.33. The molecule has 154 valence electrons. The molecule has 1 aromatic rings. The van der Waals surface area contributed by atoms with Crippen LogP contribution in [0.5, 0.6) is 11.5 Å². The third kappa shape index (κ3) is 7.24. The number of hydrazone groups is 1. The fourth-order valence-corrected chi connectivity index (χ4v) is 3.21. The molecule has 0 aliphatic carbocycles. The van der Waals surface area contributed by atoms with Gasteiger partial charge in [0.05, 0.1) is 43.3 Å². The van der Waals surface area contributed by atoms with Crippen LogP contribution < -0.4 is 14.9 Å². The van der Waals surface area contributed by atoms with Crippen molar-refractivity contribution in [3.8, 4) is 11.5 Å². The molecule has 1 amide bonds. The van der Waals surface area contributed by atoms with E-state index >= 15 is 0 Å². The van der Waals surface area contributed by atoms with Crippen LogP contribution in [0.1, 0.15) is 12.5 Å². The molecule has 0 aromatic heterocycles. The van der Waals surface area contributed by atoms with Crippen LogP contribution in [-0.4, -0.2) is 76.2 Å². The lowest BCUT2D eigenvalue weighted by Gasteiger charge is -2.25. The van der Waals surface area contributed by atoms with Gasteiger partial charge in [-0.25, -0.2) is 10.2 Å². The average Bonchev–Trinajstić information content (AvgIpc) is 2.68. The SMILES string of the molecule is CCOc1cc(/C=N/NC(=O)CN2CCOCC2)cc(I)c1OCC(=O)OC. The number of rotatable bonds is 9. The van der Waals surface area contributed by atoms with Crippen LogP contribution in [0.2, 0.25) is 0 Å². The van der Waals surface area contributed by atoms with Gasteiger partial charge in [-0.1, -0.05) is 0 Å². The molecule has 2 rings (SSSR count). The van der Waals surface area contributed by atoms with Gasteiger partial charge in [0, 0.05) is 13.1 Å². The molecule has 0 bridgehead atoms. The molecule has 10 heteroatoms. The summed E-state index contributed by atoms with van der Waals surface area (Å²) in [6.45, 7) is 5.10. The van der Waals surface area contributed by atoms with E-state index in [0.717, 1.165) is 22.2 Å². The molecule has 1 aromatic carbocycles. The summed E-state index contributed by atoms with van der Waals surface area (Å²) in [7, 11) is 1.30. The van der Waals surface area contributed by atoms with E-state index in [9.17, 15) is 9.59 Å². The number of esters is 1. The van der Waals surface area contributed by atoms with Crippen LogP contribution in [0.25, 0.3) is 0 Å². The molecular weight excluding hydrogens is 481 g/mol. The molecule has 28 heavy (non-hydrogen) atoms. The van der Waals surface area contributed by atoms with Crippen LogP contribution in [0.3, 0.4) is 0 Å². The molecule has 0 atom stereocenters.